The second-order valence-corrected chi connectivity index (χ2v) is 2.36. The van der Waals surface area contributed by atoms with Gasteiger partial charge in [0.2, 0.25) is 0 Å². The van der Waals surface area contributed by atoms with Gasteiger partial charge in [-0.15, -0.1) is 0 Å². The van der Waals surface area contributed by atoms with E-state index in [1.807, 2.05) is 12.3 Å². The van der Waals surface area contributed by atoms with Gasteiger partial charge in [0.25, 0.3) is 0 Å². The van der Waals surface area contributed by atoms with Crippen LogP contribution in [0.5, 0.6) is 0 Å². The Labute approximate surface area is 64.4 Å². The minimum Gasteiger partial charge on any atom is -0.301 e. The van der Waals surface area contributed by atoms with Crippen LogP contribution in [0.2, 0.25) is 0 Å². The van der Waals surface area contributed by atoms with E-state index in [4.69, 9.17) is 0 Å². The largest absolute Gasteiger partial charge is 0.301 e. The SMILES string of the molecule is C1=NNC(c2ccncn2)C1. The molecular formula is C7H8N4. The van der Waals surface area contributed by atoms with Crippen LogP contribution < -0.4 is 5.43 Å². The third-order valence-electron chi connectivity index (χ3n) is 1.62. The van der Waals surface area contributed by atoms with Crippen molar-refractivity contribution in [1.82, 2.24) is 15.4 Å². The molecule has 0 saturated heterocycles. The van der Waals surface area contributed by atoms with Gasteiger partial charge in [0.05, 0.1) is 11.7 Å². The normalized spacial score (nSPS) is 21.6. The van der Waals surface area contributed by atoms with Gasteiger partial charge in [-0.05, 0) is 6.07 Å². The molecule has 1 atom stereocenters. The van der Waals surface area contributed by atoms with Gasteiger partial charge in [-0.2, -0.15) is 5.10 Å². The van der Waals surface area contributed by atoms with E-state index in [1.165, 1.54) is 0 Å². The summed E-state index contributed by atoms with van der Waals surface area (Å²) >= 11 is 0. The van der Waals surface area contributed by atoms with Crippen molar-refractivity contribution in [2.24, 2.45) is 5.10 Å². The first kappa shape index (κ1) is 6.27. The van der Waals surface area contributed by atoms with Crippen LogP contribution in [-0.4, -0.2) is 16.2 Å². The zero-order valence-corrected chi connectivity index (χ0v) is 5.94. The smallest absolute Gasteiger partial charge is 0.115 e. The highest BCUT2D eigenvalue weighted by Crippen LogP contribution is 2.14. The fourth-order valence-electron chi connectivity index (χ4n) is 1.05. The van der Waals surface area contributed by atoms with Crippen LogP contribution in [0, 0.1) is 0 Å². The average Bonchev–Trinajstić information content (AvgIpc) is 2.58. The van der Waals surface area contributed by atoms with Gasteiger partial charge in [0.15, 0.2) is 0 Å². The van der Waals surface area contributed by atoms with Gasteiger partial charge in [-0.3, -0.25) is 0 Å². The fourth-order valence-corrected chi connectivity index (χ4v) is 1.05. The summed E-state index contributed by atoms with van der Waals surface area (Å²) in [7, 11) is 0. The molecule has 0 radical (unpaired) electrons. The van der Waals surface area contributed by atoms with Crippen LogP contribution in [0.15, 0.2) is 23.7 Å². The number of nitrogens with zero attached hydrogens (tertiary/aromatic N) is 3. The van der Waals surface area contributed by atoms with E-state index in [2.05, 4.69) is 20.5 Å². The van der Waals surface area contributed by atoms with Gasteiger partial charge in [0.1, 0.15) is 6.33 Å². The molecule has 1 aliphatic rings. The number of hydrazone groups is 1. The maximum absolute atomic E-state index is 4.11. The monoisotopic (exact) mass is 148 g/mol. The maximum Gasteiger partial charge on any atom is 0.115 e. The van der Waals surface area contributed by atoms with Crippen molar-refractivity contribution in [3.8, 4) is 0 Å². The zero-order valence-electron chi connectivity index (χ0n) is 5.94. The molecule has 2 heterocycles. The van der Waals surface area contributed by atoms with Crippen molar-refractivity contribution in [2.75, 3.05) is 0 Å². The summed E-state index contributed by atoms with van der Waals surface area (Å²) in [5, 5.41) is 3.91. The summed E-state index contributed by atoms with van der Waals surface area (Å²) in [5.41, 5.74) is 3.95. The predicted molar refractivity (Wildman–Crippen MR) is 41.0 cm³/mol. The predicted octanol–water partition coefficient (Wildman–Crippen LogP) is 0.497. The van der Waals surface area contributed by atoms with E-state index < -0.39 is 0 Å². The van der Waals surface area contributed by atoms with Crippen molar-refractivity contribution < 1.29 is 0 Å². The summed E-state index contributed by atoms with van der Waals surface area (Å²) in [5.74, 6) is 0. The lowest BCUT2D eigenvalue weighted by Crippen LogP contribution is -2.10. The minimum absolute atomic E-state index is 0.248. The van der Waals surface area contributed by atoms with Gasteiger partial charge in [-0.25, -0.2) is 9.97 Å². The highest BCUT2D eigenvalue weighted by Gasteiger charge is 2.13. The lowest BCUT2D eigenvalue weighted by atomic mass is 10.2. The van der Waals surface area contributed by atoms with Crippen molar-refractivity contribution in [1.29, 1.82) is 0 Å². The third kappa shape index (κ3) is 1.19. The molecular weight excluding hydrogens is 140 g/mol. The quantitative estimate of drug-likeness (QED) is 0.630. The van der Waals surface area contributed by atoms with Crippen molar-refractivity contribution in [3.63, 3.8) is 0 Å². The molecule has 0 spiro atoms. The molecule has 1 aromatic rings. The second-order valence-electron chi connectivity index (χ2n) is 2.36. The Hall–Kier alpha value is -1.45. The van der Waals surface area contributed by atoms with Crippen LogP contribution in [0.3, 0.4) is 0 Å². The molecule has 0 bridgehead atoms. The summed E-state index contributed by atoms with van der Waals surface area (Å²) in [4.78, 5) is 7.94. The number of aromatic nitrogens is 2. The molecule has 1 aliphatic heterocycles. The Balaban J connectivity index is 2.17. The average molecular weight is 148 g/mol. The molecule has 1 aromatic heterocycles. The molecule has 4 heteroatoms. The summed E-state index contributed by atoms with van der Waals surface area (Å²) < 4.78 is 0. The van der Waals surface area contributed by atoms with E-state index in [1.54, 1.807) is 12.5 Å². The lowest BCUT2D eigenvalue weighted by molar-refractivity contribution is 0.601. The van der Waals surface area contributed by atoms with Gasteiger partial charge in [0, 0.05) is 18.8 Å². The highest BCUT2D eigenvalue weighted by molar-refractivity contribution is 5.60. The molecule has 56 valence electrons. The molecule has 0 aromatic carbocycles. The maximum atomic E-state index is 4.11. The van der Waals surface area contributed by atoms with E-state index in [0.29, 0.717) is 0 Å². The van der Waals surface area contributed by atoms with Crippen LogP contribution in [-0.2, 0) is 0 Å². The van der Waals surface area contributed by atoms with Crippen LogP contribution in [0.25, 0.3) is 0 Å². The van der Waals surface area contributed by atoms with Crippen molar-refractivity contribution in [3.05, 3.63) is 24.3 Å². The van der Waals surface area contributed by atoms with E-state index in [0.717, 1.165) is 12.1 Å². The Kier molecular flexibility index (Phi) is 1.51. The van der Waals surface area contributed by atoms with Gasteiger partial charge >= 0.3 is 0 Å². The topological polar surface area (TPSA) is 50.2 Å². The van der Waals surface area contributed by atoms with Crippen molar-refractivity contribution in [2.45, 2.75) is 12.5 Å². The molecule has 2 rings (SSSR count). The first-order valence-corrected chi connectivity index (χ1v) is 3.50. The van der Waals surface area contributed by atoms with Crippen LogP contribution in [0.1, 0.15) is 18.2 Å². The number of hydrogen-bond acceptors (Lipinski definition) is 4. The van der Waals surface area contributed by atoms with Crippen LogP contribution in [0.4, 0.5) is 0 Å². The molecule has 11 heavy (non-hydrogen) atoms. The van der Waals surface area contributed by atoms with Crippen LogP contribution >= 0.6 is 0 Å². The molecule has 1 unspecified atom stereocenters. The van der Waals surface area contributed by atoms with Gasteiger partial charge in [-0.1, -0.05) is 0 Å². The summed E-state index contributed by atoms with van der Waals surface area (Å²) in [6.07, 6.45) is 6.06. The molecule has 1 N–H and O–H groups in total. The number of rotatable bonds is 1. The third-order valence-corrected chi connectivity index (χ3v) is 1.62. The second kappa shape index (κ2) is 2.65. The Morgan fingerprint density at radius 1 is 1.55 bits per heavy atom. The number of nitrogens with one attached hydrogen (secondary N) is 1. The van der Waals surface area contributed by atoms with Crippen molar-refractivity contribution >= 4 is 6.21 Å². The fraction of sp³-hybridized carbons (Fsp3) is 0.286. The molecule has 0 aliphatic carbocycles. The Bertz CT molecular complexity index is 248. The number of hydrogen-bond donors (Lipinski definition) is 1. The van der Waals surface area contributed by atoms with Gasteiger partial charge < -0.3 is 5.43 Å². The highest BCUT2D eigenvalue weighted by atomic mass is 15.3. The molecule has 4 nitrogen and oxygen atoms in total. The molecule has 0 fully saturated rings. The van der Waals surface area contributed by atoms with E-state index in [-0.39, 0.29) is 6.04 Å². The first-order valence-electron chi connectivity index (χ1n) is 3.50. The Morgan fingerprint density at radius 2 is 2.55 bits per heavy atom. The lowest BCUT2D eigenvalue weighted by Gasteiger charge is -2.06. The molecule has 0 saturated carbocycles. The minimum atomic E-state index is 0.248. The summed E-state index contributed by atoms with van der Waals surface area (Å²) in [6, 6.07) is 2.14. The standard InChI is InChI=1S/C7H8N4/c1-3-8-5-9-6(1)7-2-4-10-11-7/h1,3-5,7,11H,2H2. The van der Waals surface area contributed by atoms with E-state index >= 15 is 0 Å². The first-order chi connectivity index (χ1) is 5.47. The summed E-state index contributed by atoms with van der Waals surface area (Å²) in [6.45, 7) is 0. The molecule has 0 amide bonds. The zero-order chi connectivity index (χ0) is 7.52. The Morgan fingerprint density at radius 3 is 3.18 bits per heavy atom. The van der Waals surface area contributed by atoms with E-state index in [9.17, 15) is 0 Å².